The minimum atomic E-state index is 0.491. The van der Waals surface area contributed by atoms with Crippen molar-refractivity contribution in [3.63, 3.8) is 0 Å². The molecule has 19 heavy (non-hydrogen) atoms. The van der Waals surface area contributed by atoms with Gasteiger partial charge in [-0.25, -0.2) is 4.98 Å². The molecule has 0 saturated heterocycles. The molecule has 96 valence electrons. The van der Waals surface area contributed by atoms with Gasteiger partial charge in [-0.3, -0.25) is 4.57 Å². The fourth-order valence-corrected chi connectivity index (χ4v) is 2.61. The van der Waals surface area contributed by atoms with Crippen LogP contribution < -0.4 is 5.32 Å². The SMILES string of the molecule is CNc1nc(Sc2nncs2)nc(-n2ccnc2)n1. The van der Waals surface area contributed by atoms with Gasteiger partial charge in [0.25, 0.3) is 0 Å². The van der Waals surface area contributed by atoms with E-state index in [9.17, 15) is 0 Å². The Labute approximate surface area is 116 Å². The highest BCUT2D eigenvalue weighted by atomic mass is 32.2. The van der Waals surface area contributed by atoms with Gasteiger partial charge >= 0.3 is 0 Å². The molecule has 0 aliphatic rings. The Morgan fingerprint density at radius 3 is 2.95 bits per heavy atom. The monoisotopic (exact) mass is 292 g/mol. The molecule has 10 heteroatoms. The van der Waals surface area contributed by atoms with E-state index in [1.165, 1.54) is 23.1 Å². The molecule has 1 N–H and O–H groups in total. The first kappa shape index (κ1) is 12.0. The van der Waals surface area contributed by atoms with Crippen LogP contribution in [0.5, 0.6) is 0 Å². The van der Waals surface area contributed by atoms with Crippen LogP contribution in [-0.4, -0.2) is 41.7 Å². The van der Waals surface area contributed by atoms with Crippen molar-refractivity contribution in [1.29, 1.82) is 0 Å². The second kappa shape index (κ2) is 5.28. The Hall–Kier alpha value is -2.07. The molecule has 0 atom stereocenters. The van der Waals surface area contributed by atoms with Crippen LogP contribution in [0.25, 0.3) is 5.95 Å². The maximum Gasteiger partial charge on any atom is 0.240 e. The Kier molecular flexibility index (Phi) is 3.33. The minimum absolute atomic E-state index is 0.491. The number of anilines is 1. The van der Waals surface area contributed by atoms with E-state index in [2.05, 4.69) is 35.5 Å². The number of rotatable bonds is 4. The van der Waals surface area contributed by atoms with Gasteiger partial charge < -0.3 is 5.32 Å². The van der Waals surface area contributed by atoms with Crippen molar-refractivity contribution in [1.82, 2.24) is 34.7 Å². The Morgan fingerprint density at radius 2 is 2.26 bits per heavy atom. The third-order valence-corrected chi connectivity index (χ3v) is 3.72. The molecule has 0 amide bonds. The predicted octanol–water partition coefficient (Wildman–Crippen LogP) is 1.10. The lowest BCUT2D eigenvalue weighted by molar-refractivity contribution is 0.827. The van der Waals surface area contributed by atoms with E-state index in [-0.39, 0.29) is 0 Å². The second-order valence-corrected chi connectivity index (χ2v) is 5.32. The zero-order valence-electron chi connectivity index (χ0n) is 9.76. The van der Waals surface area contributed by atoms with Gasteiger partial charge in [-0.15, -0.1) is 10.2 Å². The summed E-state index contributed by atoms with van der Waals surface area (Å²) in [7, 11) is 1.76. The van der Waals surface area contributed by atoms with Crippen LogP contribution in [0, 0.1) is 0 Å². The average Bonchev–Trinajstić information content (AvgIpc) is 3.11. The van der Waals surface area contributed by atoms with Gasteiger partial charge in [0, 0.05) is 19.4 Å². The highest BCUT2D eigenvalue weighted by Gasteiger charge is 2.10. The van der Waals surface area contributed by atoms with E-state index >= 15 is 0 Å². The molecule has 0 aromatic carbocycles. The van der Waals surface area contributed by atoms with Crippen molar-refractivity contribution in [2.45, 2.75) is 9.50 Å². The van der Waals surface area contributed by atoms with Crippen molar-refractivity contribution in [2.24, 2.45) is 0 Å². The van der Waals surface area contributed by atoms with Crippen LogP contribution in [0.3, 0.4) is 0 Å². The highest BCUT2D eigenvalue weighted by molar-refractivity contribution is 8.00. The summed E-state index contributed by atoms with van der Waals surface area (Å²) in [6, 6.07) is 0. The van der Waals surface area contributed by atoms with Crippen molar-refractivity contribution < 1.29 is 0 Å². The zero-order valence-corrected chi connectivity index (χ0v) is 11.4. The Bertz CT molecular complexity index is 651. The van der Waals surface area contributed by atoms with E-state index in [1.807, 2.05) is 0 Å². The molecule has 0 aliphatic carbocycles. The lowest BCUT2D eigenvalue weighted by atomic mass is 10.8. The van der Waals surface area contributed by atoms with Crippen LogP contribution in [0.4, 0.5) is 5.95 Å². The summed E-state index contributed by atoms with van der Waals surface area (Å²) in [5.41, 5.74) is 1.67. The molecule has 3 aromatic rings. The first-order valence-corrected chi connectivity index (χ1v) is 6.91. The lowest BCUT2D eigenvalue weighted by Gasteiger charge is -2.05. The predicted molar refractivity (Wildman–Crippen MR) is 70.5 cm³/mol. The van der Waals surface area contributed by atoms with E-state index in [0.29, 0.717) is 17.1 Å². The fourth-order valence-electron chi connectivity index (χ4n) is 1.28. The van der Waals surface area contributed by atoms with Crippen LogP contribution in [0.15, 0.2) is 33.7 Å². The van der Waals surface area contributed by atoms with Gasteiger partial charge in [-0.05, 0) is 11.8 Å². The lowest BCUT2D eigenvalue weighted by Crippen LogP contribution is -2.06. The van der Waals surface area contributed by atoms with Gasteiger partial charge in [0.15, 0.2) is 4.34 Å². The molecule has 0 aliphatic heterocycles. The minimum Gasteiger partial charge on any atom is -0.357 e. The van der Waals surface area contributed by atoms with Crippen molar-refractivity contribution in [3.05, 3.63) is 24.2 Å². The summed E-state index contributed by atoms with van der Waals surface area (Å²) >= 11 is 2.78. The van der Waals surface area contributed by atoms with Gasteiger partial charge in [0.2, 0.25) is 17.1 Å². The third-order valence-electron chi connectivity index (χ3n) is 2.08. The molecule has 0 fully saturated rings. The van der Waals surface area contributed by atoms with E-state index < -0.39 is 0 Å². The van der Waals surface area contributed by atoms with E-state index in [1.54, 1.807) is 35.8 Å². The molecule has 0 spiro atoms. The van der Waals surface area contributed by atoms with Crippen LogP contribution >= 0.6 is 23.1 Å². The van der Waals surface area contributed by atoms with Crippen LogP contribution in [-0.2, 0) is 0 Å². The number of hydrogen-bond donors (Lipinski definition) is 1. The van der Waals surface area contributed by atoms with E-state index in [4.69, 9.17) is 0 Å². The first-order chi connectivity index (χ1) is 9.35. The third kappa shape index (κ3) is 2.69. The summed E-state index contributed by atoms with van der Waals surface area (Å²) in [6.45, 7) is 0. The molecule has 0 saturated carbocycles. The average molecular weight is 292 g/mol. The van der Waals surface area contributed by atoms with Gasteiger partial charge in [-0.1, -0.05) is 11.3 Å². The summed E-state index contributed by atoms with van der Waals surface area (Å²) in [6.07, 6.45) is 5.07. The molecular formula is C9H8N8S2. The maximum atomic E-state index is 4.36. The maximum absolute atomic E-state index is 4.36. The summed E-state index contributed by atoms with van der Waals surface area (Å²) in [5.74, 6) is 0.995. The summed E-state index contributed by atoms with van der Waals surface area (Å²) in [4.78, 5) is 16.9. The first-order valence-electron chi connectivity index (χ1n) is 5.21. The number of nitrogens with one attached hydrogen (secondary N) is 1. The van der Waals surface area contributed by atoms with Crippen molar-refractivity contribution in [2.75, 3.05) is 12.4 Å². The Morgan fingerprint density at radius 1 is 1.32 bits per heavy atom. The largest absolute Gasteiger partial charge is 0.357 e. The van der Waals surface area contributed by atoms with Gasteiger partial charge in [0.05, 0.1) is 0 Å². The number of nitrogens with zero attached hydrogens (tertiary/aromatic N) is 7. The fraction of sp³-hybridized carbons (Fsp3) is 0.111. The molecule has 8 nitrogen and oxygen atoms in total. The molecule has 3 rings (SSSR count). The quantitative estimate of drug-likeness (QED) is 0.764. The molecule has 3 aromatic heterocycles. The smallest absolute Gasteiger partial charge is 0.240 e. The number of aromatic nitrogens is 7. The van der Waals surface area contributed by atoms with Crippen LogP contribution in [0.2, 0.25) is 0 Å². The molecule has 0 bridgehead atoms. The zero-order chi connectivity index (χ0) is 13.1. The van der Waals surface area contributed by atoms with Gasteiger partial charge in [0.1, 0.15) is 11.8 Å². The summed E-state index contributed by atoms with van der Waals surface area (Å²) in [5, 5.41) is 11.2. The van der Waals surface area contributed by atoms with Gasteiger partial charge in [-0.2, -0.15) is 15.0 Å². The Balaban J connectivity index is 1.98. The highest BCUT2D eigenvalue weighted by Crippen LogP contribution is 2.26. The second-order valence-electron chi connectivity index (χ2n) is 3.27. The van der Waals surface area contributed by atoms with Crippen LogP contribution in [0.1, 0.15) is 0 Å². The van der Waals surface area contributed by atoms with E-state index in [0.717, 1.165) is 4.34 Å². The number of hydrogen-bond acceptors (Lipinski definition) is 9. The number of imidazole rings is 1. The molecular weight excluding hydrogens is 284 g/mol. The normalized spacial score (nSPS) is 10.6. The topological polar surface area (TPSA) is 94.3 Å². The molecule has 3 heterocycles. The standard InChI is InChI=1S/C9H8N8S2/c1-10-6-13-7(17-3-2-11-4-17)15-8(14-6)19-9-16-12-5-18-9/h2-5H,1H3,(H,10,13,14,15). The van der Waals surface area contributed by atoms with Crippen molar-refractivity contribution >= 4 is 29.0 Å². The molecule has 0 radical (unpaired) electrons. The molecule has 0 unspecified atom stereocenters. The van der Waals surface area contributed by atoms with Crippen molar-refractivity contribution in [3.8, 4) is 5.95 Å². The summed E-state index contributed by atoms with van der Waals surface area (Å²) < 4.78 is 2.50.